The van der Waals surface area contributed by atoms with E-state index in [1.54, 1.807) is 7.11 Å². The van der Waals surface area contributed by atoms with Crippen LogP contribution < -0.4 is 0 Å². The minimum absolute atomic E-state index is 0.177. The summed E-state index contributed by atoms with van der Waals surface area (Å²) in [6, 6.07) is 0. The summed E-state index contributed by atoms with van der Waals surface area (Å²) in [7, 11) is 1.55. The van der Waals surface area contributed by atoms with E-state index in [-0.39, 0.29) is 23.7 Å². The van der Waals surface area contributed by atoms with E-state index in [0.717, 1.165) is 6.61 Å². The first-order chi connectivity index (χ1) is 9.30. The highest BCUT2D eigenvalue weighted by Crippen LogP contribution is 2.40. The summed E-state index contributed by atoms with van der Waals surface area (Å²) in [5.41, 5.74) is -0.345. The average Bonchev–Trinajstić information content (AvgIpc) is 2.57. The molecule has 2 rings (SSSR count). The van der Waals surface area contributed by atoms with Gasteiger partial charge in [0.05, 0.1) is 17.8 Å². The molecule has 0 bridgehead atoms. The van der Waals surface area contributed by atoms with Crippen molar-refractivity contribution in [2.24, 2.45) is 5.41 Å². The van der Waals surface area contributed by atoms with Crippen LogP contribution in [0.15, 0.2) is 12.1 Å². The molecule has 0 aromatic rings. The molecule has 2 aliphatic rings. The molecule has 0 N–H and O–H groups in total. The van der Waals surface area contributed by atoms with Crippen LogP contribution in [0, 0.1) is 5.41 Å². The van der Waals surface area contributed by atoms with Crippen LogP contribution in [0.25, 0.3) is 0 Å². The van der Waals surface area contributed by atoms with Crippen molar-refractivity contribution in [2.45, 2.75) is 71.0 Å². The third kappa shape index (κ3) is 3.29. The van der Waals surface area contributed by atoms with E-state index < -0.39 is 0 Å². The van der Waals surface area contributed by atoms with Crippen LogP contribution in [0.2, 0.25) is 0 Å². The molecule has 114 valence electrons. The lowest BCUT2D eigenvalue weighted by molar-refractivity contribution is 0.00578. The van der Waals surface area contributed by atoms with Crippen molar-refractivity contribution in [3.63, 3.8) is 0 Å². The Morgan fingerprint density at radius 2 is 1.55 bits per heavy atom. The minimum atomic E-state index is -0.261. The standard InChI is InChI=1S/C16H29BO3/c1-14(2)15(3,4)20-17(19-14)12-11-16(13-18-5)9-7-6-8-10-16/h11-12H,6-10,13H2,1-5H3/b12-11+. The number of rotatable bonds is 4. The largest absolute Gasteiger partial charge is 0.486 e. The van der Waals surface area contributed by atoms with Crippen LogP contribution >= 0.6 is 0 Å². The maximum Gasteiger partial charge on any atom is 0.486 e. The van der Waals surface area contributed by atoms with Crippen LogP contribution in [0.4, 0.5) is 0 Å². The van der Waals surface area contributed by atoms with Crippen LogP contribution in [0.5, 0.6) is 0 Å². The Morgan fingerprint density at radius 1 is 1.00 bits per heavy atom. The van der Waals surface area contributed by atoms with Crippen molar-refractivity contribution in [3.05, 3.63) is 12.1 Å². The molecule has 0 amide bonds. The first-order valence-electron chi connectivity index (χ1n) is 7.84. The summed E-state index contributed by atoms with van der Waals surface area (Å²) < 4.78 is 17.5. The molecule has 4 heteroatoms. The first kappa shape index (κ1) is 16.1. The fourth-order valence-electron chi connectivity index (χ4n) is 3.15. The van der Waals surface area contributed by atoms with Gasteiger partial charge in [0.1, 0.15) is 0 Å². The molecule has 3 nitrogen and oxygen atoms in total. The van der Waals surface area contributed by atoms with Gasteiger partial charge in [-0.15, -0.1) is 0 Å². The van der Waals surface area contributed by atoms with Crippen molar-refractivity contribution in [2.75, 3.05) is 13.7 Å². The molecule has 1 saturated carbocycles. The Balaban J connectivity index is 2.04. The zero-order chi connectivity index (χ0) is 14.9. The van der Waals surface area contributed by atoms with E-state index in [1.807, 2.05) is 0 Å². The van der Waals surface area contributed by atoms with Gasteiger partial charge >= 0.3 is 7.12 Å². The molecule has 0 unspecified atom stereocenters. The maximum atomic E-state index is 6.03. The predicted molar refractivity (Wildman–Crippen MR) is 82.6 cm³/mol. The van der Waals surface area contributed by atoms with Gasteiger partial charge in [0.2, 0.25) is 0 Å². The Hall–Kier alpha value is -0.315. The van der Waals surface area contributed by atoms with Crippen LogP contribution in [-0.2, 0) is 14.0 Å². The first-order valence-corrected chi connectivity index (χ1v) is 7.84. The Kier molecular flexibility index (Phi) is 4.67. The second-order valence-corrected chi connectivity index (χ2v) is 7.34. The average molecular weight is 280 g/mol. The monoisotopic (exact) mass is 280 g/mol. The molecule has 0 aromatic carbocycles. The molecule has 1 aliphatic heterocycles. The molecular formula is C16H29BO3. The van der Waals surface area contributed by atoms with Crippen LogP contribution in [0.1, 0.15) is 59.8 Å². The Bertz CT molecular complexity index is 335. The zero-order valence-corrected chi connectivity index (χ0v) is 13.7. The zero-order valence-electron chi connectivity index (χ0n) is 13.7. The minimum Gasteiger partial charge on any atom is -0.400 e. The topological polar surface area (TPSA) is 27.7 Å². The fraction of sp³-hybridized carbons (Fsp3) is 0.875. The van der Waals surface area contributed by atoms with Gasteiger partial charge in [0.25, 0.3) is 0 Å². The van der Waals surface area contributed by atoms with Crippen LogP contribution in [-0.4, -0.2) is 32.0 Å². The SMILES string of the molecule is COCC1(/C=C/B2OC(C)(C)C(C)(C)O2)CCCCC1. The summed E-state index contributed by atoms with van der Waals surface area (Å²) in [5, 5.41) is 0. The quantitative estimate of drug-likeness (QED) is 0.734. The summed E-state index contributed by atoms with van der Waals surface area (Å²) in [6.45, 7) is 9.15. The van der Waals surface area contributed by atoms with Gasteiger partial charge in [-0.25, -0.2) is 0 Å². The van der Waals surface area contributed by atoms with Crippen molar-refractivity contribution in [3.8, 4) is 0 Å². The second kappa shape index (κ2) is 5.82. The lowest BCUT2D eigenvalue weighted by Crippen LogP contribution is -2.41. The van der Waals surface area contributed by atoms with E-state index in [1.165, 1.54) is 32.1 Å². The summed E-state index contributed by atoms with van der Waals surface area (Å²) in [4.78, 5) is 0. The van der Waals surface area contributed by atoms with Gasteiger partial charge in [0.15, 0.2) is 0 Å². The third-order valence-electron chi connectivity index (χ3n) is 5.16. The molecule has 2 fully saturated rings. The molecule has 0 aromatic heterocycles. The van der Waals surface area contributed by atoms with E-state index in [0.29, 0.717) is 0 Å². The highest BCUT2D eigenvalue weighted by atomic mass is 16.7. The normalized spacial score (nSPS) is 28.1. The molecular weight excluding hydrogens is 251 g/mol. The predicted octanol–water partition coefficient (Wildman–Crippen LogP) is 3.77. The molecule has 0 spiro atoms. The number of hydrogen-bond donors (Lipinski definition) is 0. The lowest BCUT2D eigenvalue weighted by atomic mass is 9.72. The molecule has 20 heavy (non-hydrogen) atoms. The smallest absolute Gasteiger partial charge is 0.400 e. The van der Waals surface area contributed by atoms with Gasteiger partial charge in [-0.1, -0.05) is 31.3 Å². The lowest BCUT2D eigenvalue weighted by Gasteiger charge is -2.34. The summed E-state index contributed by atoms with van der Waals surface area (Å²) in [5.74, 6) is 2.10. The highest BCUT2D eigenvalue weighted by molar-refractivity contribution is 6.51. The van der Waals surface area contributed by atoms with Gasteiger partial charge in [0, 0.05) is 12.5 Å². The highest BCUT2D eigenvalue weighted by Gasteiger charge is 2.50. The Labute approximate surface area is 124 Å². The number of methoxy groups -OCH3 is 1. The molecule has 1 aliphatic carbocycles. The summed E-state index contributed by atoms with van der Waals surface area (Å²) in [6.07, 6.45) is 8.62. The van der Waals surface area contributed by atoms with Crippen molar-refractivity contribution >= 4 is 7.12 Å². The molecule has 1 heterocycles. The van der Waals surface area contributed by atoms with Gasteiger partial charge in [-0.05, 0) is 40.5 Å². The van der Waals surface area contributed by atoms with Crippen molar-refractivity contribution < 1.29 is 14.0 Å². The van der Waals surface area contributed by atoms with Crippen LogP contribution in [0.3, 0.4) is 0 Å². The summed E-state index contributed by atoms with van der Waals surface area (Å²) >= 11 is 0. The molecule has 1 saturated heterocycles. The van der Waals surface area contributed by atoms with Gasteiger partial charge in [-0.3, -0.25) is 0 Å². The third-order valence-corrected chi connectivity index (χ3v) is 5.16. The molecule has 0 atom stereocenters. The number of ether oxygens (including phenoxy) is 1. The van der Waals surface area contributed by atoms with Crippen molar-refractivity contribution in [1.29, 1.82) is 0 Å². The molecule has 0 radical (unpaired) electrons. The fourth-order valence-corrected chi connectivity index (χ4v) is 3.15. The van der Waals surface area contributed by atoms with E-state index >= 15 is 0 Å². The second-order valence-electron chi connectivity index (χ2n) is 7.34. The van der Waals surface area contributed by atoms with Gasteiger partial charge in [-0.2, -0.15) is 0 Å². The van der Waals surface area contributed by atoms with E-state index in [2.05, 4.69) is 39.7 Å². The van der Waals surface area contributed by atoms with E-state index in [4.69, 9.17) is 14.0 Å². The number of hydrogen-bond acceptors (Lipinski definition) is 3. The Morgan fingerprint density at radius 3 is 2.05 bits per heavy atom. The van der Waals surface area contributed by atoms with E-state index in [9.17, 15) is 0 Å². The van der Waals surface area contributed by atoms with Crippen molar-refractivity contribution in [1.82, 2.24) is 0 Å². The van der Waals surface area contributed by atoms with Gasteiger partial charge < -0.3 is 14.0 Å². The maximum absolute atomic E-state index is 6.03.